The maximum atomic E-state index is 13.6. The fraction of sp³-hybridized carbons (Fsp3) is 0.147. The van der Waals surface area contributed by atoms with Crippen molar-refractivity contribution in [3.05, 3.63) is 118 Å². The minimum atomic E-state index is -0.545. The van der Waals surface area contributed by atoms with E-state index in [1.54, 1.807) is 91.0 Å². The summed E-state index contributed by atoms with van der Waals surface area (Å²) < 4.78 is 10.7. The lowest BCUT2D eigenvalue weighted by atomic mass is 10.1. The molecule has 0 saturated carbocycles. The zero-order chi connectivity index (χ0) is 32.3. The van der Waals surface area contributed by atoms with Gasteiger partial charge < -0.3 is 25.4 Å². The van der Waals surface area contributed by atoms with Gasteiger partial charge in [-0.2, -0.15) is 0 Å². The van der Waals surface area contributed by atoms with Gasteiger partial charge in [-0.3, -0.25) is 14.4 Å². The van der Waals surface area contributed by atoms with Crippen molar-refractivity contribution in [2.45, 2.75) is 23.5 Å². The molecule has 0 bridgehead atoms. The largest absolute Gasteiger partial charge is 0.493 e. The van der Waals surface area contributed by atoms with Crippen LogP contribution in [-0.4, -0.2) is 37.2 Å². The highest BCUT2D eigenvalue weighted by Gasteiger charge is 2.21. The lowest BCUT2D eigenvalue weighted by molar-refractivity contribution is -0.116. The van der Waals surface area contributed by atoms with E-state index in [-0.39, 0.29) is 16.6 Å². The van der Waals surface area contributed by atoms with E-state index in [1.807, 2.05) is 13.0 Å². The molecule has 4 aromatic carbocycles. The minimum absolute atomic E-state index is 0.0124. The van der Waals surface area contributed by atoms with Crippen molar-refractivity contribution in [1.29, 1.82) is 0 Å². The number of rotatable bonds is 12. The van der Waals surface area contributed by atoms with Gasteiger partial charge in [0, 0.05) is 16.1 Å². The number of halogens is 2. The average molecular weight is 665 g/mol. The third kappa shape index (κ3) is 9.04. The molecule has 11 heteroatoms. The van der Waals surface area contributed by atoms with Crippen molar-refractivity contribution >= 4 is 70.1 Å². The first-order valence-corrected chi connectivity index (χ1v) is 15.5. The van der Waals surface area contributed by atoms with Crippen LogP contribution in [0.15, 0.2) is 102 Å². The SMILES string of the molecule is CCC(Sc1cccc(NC(=O)/C(=C\c2ccc(OC)c(OC)c2)NC(=O)c2ccccc2)c1)C(=O)Nc1cccc(Cl)c1Cl. The number of hydrogen-bond acceptors (Lipinski definition) is 6. The Morgan fingerprint density at radius 2 is 1.58 bits per heavy atom. The van der Waals surface area contributed by atoms with Crippen LogP contribution in [0.2, 0.25) is 10.0 Å². The first-order valence-electron chi connectivity index (χ1n) is 13.9. The number of hydrogen-bond donors (Lipinski definition) is 3. The molecular weight excluding hydrogens is 633 g/mol. The van der Waals surface area contributed by atoms with Crippen LogP contribution < -0.4 is 25.4 Å². The summed E-state index contributed by atoms with van der Waals surface area (Å²) in [7, 11) is 3.04. The monoisotopic (exact) mass is 663 g/mol. The maximum absolute atomic E-state index is 13.6. The van der Waals surface area contributed by atoms with Crippen LogP contribution in [-0.2, 0) is 9.59 Å². The second-order valence-electron chi connectivity index (χ2n) is 9.58. The Bertz CT molecular complexity index is 1720. The van der Waals surface area contributed by atoms with Gasteiger partial charge in [-0.25, -0.2) is 0 Å². The van der Waals surface area contributed by atoms with E-state index in [0.29, 0.717) is 45.4 Å². The Morgan fingerprint density at radius 1 is 0.844 bits per heavy atom. The molecule has 1 atom stereocenters. The van der Waals surface area contributed by atoms with Crippen LogP contribution >= 0.6 is 35.0 Å². The van der Waals surface area contributed by atoms with Gasteiger partial charge in [-0.15, -0.1) is 11.8 Å². The van der Waals surface area contributed by atoms with Crippen molar-refractivity contribution < 1.29 is 23.9 Å². The van der Waals surface area contributed by atoms with Crippen LogP contribution in [0.4, 0.5) is 11.4 Å². The van der Waals surface area contributed by atoms with Crippen molar-refractivity contribution in [1.82, 2.24) is 5.32 Å². The minimum Gasteiger partial charge on any atom is -0.493 e. The predicted octanol–water partition coefficient (Wildman–Crippen LogP) is 7.93. The normalized spacial score (nSPS) is 11.7. The smallest absolute Gasteiger partial charge is 0.272 e. The summed E-state index contributed by atoms with van der Waals surface area (Å²) in [6.45, 7) is 1.91. The zero-order valence-corrected chi connectivity index (χ0v) is 27.1. The number of benzene rings is 4. The molecule has 1 unspecified atom stereocenters. The first-order chi connectivity index (χ1) is 21.7. The predicted molar refractivity (Wildman–Crippen MR) is 182 cm³/mol. The average Bonchev–Trinajstić information content (AvgIpc) is 3.05. The molecule has 3 amide bonds. The molecule has 0 heterocycles. The summed E-state index contributed by atoms with van der Waals surface area (Å²) in [5.41, 5.74) is 1.92. The summed E-state index contributed by atoms with van der Waals surface area (Å²) >= 11 is 13.7. The molecule has 0 fully saturated rings. The summed E-state index contributed by atoms with van der Waals surface area (Å²) in [5.74, 6) is -0.227. The summed E-state index contributed by atoms with van der Waals surface area (Å²) in [5, 5.41) is 8.60. The molecule has 0 saturated heterocycles. The number of anilines is 2. The van der Waals surface area contributed by atoms with E-state index in [9.17, 15) is 14.4 Å². The van der Waals surface area contributed by atoms with E-state index in [0.717, 1.165) is 4.90 Å². The lowest BCUT2D eigenvalue weighted by Crippen LogP contribution is -2.30. The van der Waals surface area contributed by atoms with Crippen LogP contribution in [0, 0.1) is 0 Å². The Kier molecular flexibility index (Phi) is 11.9. The fourth-order valence-electron chi connectivity index (χ4n) is 4.20. The molecule has 3 N–H and O–H groups in total. The lowest BCUT2D eigenvalue weighted by Gasteiger charge is -2.17. The summed E-state index contributed by atoms with van der Waals surface area (Å²) in [6.07, 6.45) is 2.09. The van der Waals surface area contributed by atoms with Crippen LogP contribution in [0.3, 0.4) is 0 Å². The van der Waals surface area contributed by atoms with E-state index in [2.05, 4.69) is 16.0 Å². The number of carbonyl (C=O) groups excluding carboxylic acids is 3. The second-order valence-corrected chi connectivity index (χ2v) is 11.6. The Labute approximate surface area is 276 Å². The highest BCUT2D eigenvalue weighted by molar-refractivity contribution is 8.00. The van der Waals surface area contributed by atoms with Crippen LogP contribution in [0.1, 0.15) is 29.3 Å². The molecule has 0 aromatic heterocycles. The van der Waals surface area contributed by atoms with Crippen molar-refractivity contribution in [2.75, 3.05) is 24.9 Å². The van der Waals surface area contributed by atoms with Gasteiger partial charge in [0.15, 0.2) is 11.5 Å². The highest BCUT2D eigenvalue weighted by Crippen LogP contribution is 2.33. The highest BCUT2D eigenvalue weighted by atomic mass is 35.5. The van der Waals surface area contributed by atoms with Gasteiger partial charge in [-0.05, 0) is 72.7 Å². The van der Waals surface area contributed by atoms with Crippen molar-refractivity contribution in [3.63, 3.8) is 0 Å². The number of ether oxygens (including phenoxy) is 2. The van der Waals surface area contributed by atoms with Crippen molar-refractivity contribution in [3.8, 4) is 11.5 Å². The second kappa shape index (κ2) is 16.0. The van der Waals surface area contributed by atoms with Gasteiger partial charge in [0.05, 0.1) is 35.2 Å². The number of carbonyl (C=O) groups is 3. The molecule has 4 aromatic rings. The molecule has 8 nitrogen and oxygen atoms in total. The number of amides is 3. The topological polar surface area (TPSA) is 106 Å². The Balaban J connectivity index is 1.54. The zero-order valence-electron chi connectivity index (χ0n) is 24.7. The van der Waals surface area contributed by atoms with Gasteiger partial charge in [0.1, 0.15) is 5.70 Å². The molecule has 0 aliphatic carbocycles. The van der Waals surface area contributed by atoms with Gasteiger partial charge in [0.2, 0.25) is 5.91 Å². The van der Waals surface area contributed by atoms with E-state index in [1.165, 1.54) is 26.0 Å². The Morgan fingerprint density at radius 3 is 2.29 bits per heavy atom. The van der Waals surface area contributed by atoms with Gasteiger partial charge in [-0.1, -0.05) is 66.5 Å². The standard InChI is InChI=1S/C34H31Cl2N3O5S/c1-4-30(34(42)38-26-15-9-14-25(35)31(26)36)45-24-13-8-12-23(20-24)37-33(41)27(39-32(40)22-10-6-5-7-11-22)18-21-16-17-28(43-2)29(19-21)44-3/h5-20,30H,4H2,1-3H3,(H,37,41)(H,38,42)(H,39,40)/b27-18+. The summed E-state index contributed by atoms with van der Waals surface area (Å²) in [4.78, 5) is 40.4. The molecule has 4 rings (SSSR count). The van der Waals surface area contributed by atoms with E-state index in [4.69, 9.17) is 32.7 Å². The maximum Gasteiger partial charge on any atom is 0.272 e. The number of thioether (sulfide) groups is 1. The van der Waals surface area contributed by atoms with Gasteiger partial charge >= 0.3 is 0 Å². The molecule has 0 radical (unpaired) electrons. The Hall–Kier alpha value is -4.44. The van der Waals surface area contributed by atoms with Crippen molar-refractivity contribution in [2.24, 2.45) is 0 Å². The van der Waals surface area contributed by atoms with E-state index < -0.39 is 17.1 Å². The van der Waals surface area contributed by atoms with Crippen LogP contribution in [0.5, 0.6) is 11.5 Å². The molecule has 45 heavy (non-hydrogen) atoms. The van der Waals surface area contributed by atoms with Crippen LogP contribution in [0.25, 0.3) is 6.08 Å². The summed E-state index contributed by atoms with van der Waals surface area (Å²) in [6, 6.07) is 25.9. The van der Waals surface area contributed by atoms with E-state index >= 15 is 0 Å². The quantitative estimate of drug-likeness (QED) is 0.105. The number of methoxy groups -OCH3 is 2. The fourth-order valence-corrected chi connectivity index (χ4v) is 5.56. The van der Waals surface area contributed by atoms with Gasteiger partial charge in [0.25, 0.3) is 11.8 Å². The molecule has 0 aliphatic heterocycles. The third-order valence-corrected chi connectivity index (χ3v) is 8.67. The molecule has 232 valence electrons. The third-order valence-electron chi connectivity index (χ3n) is 6.49. The number of nitrogens with one attached hydrogen (secondary N) is 3. The molecule has 0 spiro atoms. The molecular formula is C34H31Cl2N3O5S. The molecule has 0 aliphatic rings. The first kappa shape index (κ1) is 33.5.